The van der Waals surface area contributed by atoms with Gasteiger partial charge in [-0.1, -0.05) is 0 Å². The minimum Gasteiger partial charge on any atom is -0.356 e. The molecule has 0 aromatic rings. The molecule has 14 heavy (non-hydrogen) atoms. The Bertz CT molecular complexity index is 264. The summed E-state index contributed by atoms with van der Waals surface area (Å²) in [5.41, 5.74) is 0. The van der Waals surface area contributed by atoms with Gasteiger partial charge in [0, 0.05) is 25.1 Å². The fourth-order valence-corrected chi connectivity index (χ4v) is 1.68. The molecule has 0 fully saturated rings. The maximum atomic E-state index is 11.0. The molecule has 0 bridgehead atoms. The zero-order valence-electron chi connectivity index (χ0n) is 8.25. The van der Waals surface area contributed by atoms with Crippen molar-refractivity contribution in [2.24, 2.45) is 0 Å². The summed E-state index contributed by atoms with van der Waals surface area (Å²) in [5.74, 6) is 0.513. The Labute approximate surface area is 89.9 Å². The summed E-state index contributed by atoms with van der Waals surface area (Å²) in [6.07, 6.45) is 2.70. The van der Waals surface area contributed by atoms with Crippen LogP contribution in [0.2, 0.25) is 0 Å². The highest BCUT2D eigenvalue weighted by Gasteiger charge is 2.03. The molecule has 0 atom stereocenters. The summed E-state index contributed by atoms with van der Waals surface area (Å²) < 4.78 is 21.4. The fraction of sp³-hybridized carbons (Fsp3) is 0.875. The van der Waals surface area contributed by atoms with Gasteiger partial charge < -0.3 is 5.32 Å². The Morgan fingerprint density at radius 3 is 2.50 bits per heavy atom. The monoisotopic (exact) mass is 241 g/mol. The number of halogens is 1. The summed E-state index contributed by atoms with van der Waals surface area (Å²) in [5, 5.41) is 2.63. The summed E-state index contributed by atoms with van der Waals surface area (Å²) >= 11 is 5.41. The zero-order valence-corrected chi connectivity index (χ0v) is 9.83. The number of alkyl halides is 1. The van der Waals surface area contributed by atoms with Gasteiger partial charge in [-0.15, -0.1) is 11.6 Å². The van der Waals surface area contributed by atoms with Crippen LogP contribution in [-0.2, 0) is 14.6 Å². The number of rotatable bonds is 7. The molecule has 0 spiro atoms. The molecule has 4 nitrogen and oxygen atoms in total. The quantitative estimate of drug-likeness (QED) is 0.523. The highest BCUT2D eigenvalue weighted by molar-refractivity contribution is 7.90. The first-order chi connectivity index (χ1) is 6.45. The van der Waals surface area contributed by atoms with Crippen molar-refractivity contribution in [3.8, 4) is 0 Å². The number of sulfone groups is 1. The second-order valence-electron chi connectivity index (χ2n) is 3.13. The summed E-state index contributed by atoms with van der Waals surface area (Å²) in [7, 11) is -2.91. The largest absolute Gasteiger partial charge is 0.356 e. The smallest absolute Gasteiger partial charge is 0.220 e. The molecule has 0 heterocycles. The van der Waals surface area contributed by atoms with Crippen molar-refractivity contribution >= 4 is 27.3 Å². The Morgan fingerprint density at radius 2 is 2.00 bits per heavy atom. The average Bonchev–Trinajstić information content (AvgIpc) is 2.07. The molecule has 6 heteroatoms. The molecule has 0 saturated heterocycles. The van der Waals surface area contributed by atoms with Crippen molar-refractivity contribution in [1.82, 2.24) is 5.32 Å². The van der Waals surface area contributed by atoms with Crippen LogP contribution in [0.1, 0.15) is 19.3 Å². The Morgan fingerprint density at radius 1 is 1.36 bits per heavy atom. The van der Waals surface area contributed by atoms with E-state index in [0.717, 1.165) is 0 Å². The molecule has 1 N–H and O–H groups in total. The second kappa shape index (κ2) is 7.06. The molecule has 0 aliphatic rings. The van der Waals surface area contributed by atoms with E-state index in [1.807, 2.05) is 0 Å². The molecule has 0 aliphatic heterocycles. The molecule has 0 aliphatic carbocycles. The lowest BCUT2D eigenvalue weighted by atomic mass is 10.3. The topological polar surface area (TPSA) is 63.2 Å². The van der Waals surface area contributed by atoms with Crippen LogP contribution in [0.4, 0.5) is 0 Å². The Kier molecular flexibility index (Phi) is 6.92. The highest BCUT2D eigenvalue weighted by atomic mass is 35.5. The van der Waals surface area contributed by atoms with Gasteiger partial charge in [0.1, 0.15) is 9.84 Å². The predicted octanol–water partition coefficient (Wildman–Crippen LogP) is 0.556. The predicted molar refractivity (Wildman–Crippen MR) is 57.3 cm³/mol. The molecular formula is C8H16ClNO3S. The number of hydrogen-bond acceptors (Lipinski definition) is 3. The molecule has 84 valence electrons. The van der Waals surface area contributed by atoms with Crippen LogP contribution in [0.3, 0.4) is 0 Å². The van der Waals surface area contributed by atoms with Crippen LogP contribution in [0.5, 0.6) is 0 Å². The number of hydrogen-bond donors (Lipinski definition) is 1. The molecule has 0 aromatic heterocycles. The van der Waals surface area contributed by atoms with Crippen LogP contribution in [0, 0.1) is 0 Å². The highest BCUT2D eigenvalue weighted by Crippen LogP contribution is 1.92. The van der Waals surface area contributed by atoms with E-state index in [1.165, 1.54) is 6.26 Å². The van der Waals surface area contributed by atoms with Crippen molar-refractivity contribution in [2.45, 2.75) is 19.3 Å². The first-order valence-electron chi connectivity index (χ1n) is 4.46. The molecular weight excluding hydrogens is 226 g/mol. The standard InChI is InChI=1S/C8H16ClNO3S/c1-14(12,13)7-3-6-10-8(11)4-2-5-9/h2-7H2,1H3,(H,10,11). The summed E-state index contributed by atoms with van der Waals surface area (Å²) in [4.78, 5) is 11.0. The summed E-state index contributed by atoms with van der Waals surface area (Å²) in [6, 6.07) is 0. The summed E-state index contributed by atoms with van der Waals surface area (Å²) in [6.45, 7) is 0.411. The van der Waals surface area contributed by atoms with Gasteiger partial charge >= 0.3 is 0 Å². The van der Waals surface area contributed by atoms with E-state index in [0.29, 0.717) is 31.7 Å². The number of carbonyl (C=O) groups is 1. The van der Waals surface area contributed by atoms with E-state index < -0.39 is 9.84 Å². The third-order valence-corrected chi connectivity index (χ3v) is 2.85. The van der Waals surface area contributed by atoms with E-state index in [4.69, 9.17) is 11.6 Å². The second-order valence-corrected chi connectivity index (χ2v) is 5.76. The normalized spacial score (nSPS) is 11.3. The van der Waals surface area contributed by atoms with Crippen molar-refractivity contribution in [3.63, 3.8) is 0 Å². The SMILES string of the molecule is CS(=O)(=O)CCCNC(=O)CCCCl. The van der Waals surface area contributed by atoms with Crippen LogP contribution < -0.4 is 5.32 Å². The van der Waals surface area contributed by atoms with Crippen molar-refractivity contribution in [3.05, 3.63) is 0 Å². The minimum atomic E-state index is -2.91. The van der Waals surface area contributed by atoms with E-state index in [1.54, 1.807) is 0 Å². The Balaban J connectivity index is 3.41. The van der Waals surface area contributed by atoms with Crippen LogP contribution >= 0.6 is 11.6 Å². The van der Waals surface area contributed by atoms with E-state index in [-0.39, 0.29) is 11.7 Å². The van der Waals surface area contributed by atoms with Gasteiger partial charge in [0.15, 0.2) is 0 Å². The van der Waals surface area contributed by atoms with Crippen LogP contribution in [-0.4, -0.2) is 38.8 Å². The van der Waals surface area contributed by atoms with E-state index in [2.05, 4.69) is 5.32 Å². The first kappa shape index (κ1) is 13.7. The molecule has 1 amide bonds. The first-order valence-corrected chi connectivity index (χ1v) is 7.05. The van der Waals surface area contributed by atoms with Gasteiger partial charge in [0.25, 0.3) is 0 Å². The fourth-order valence-electron chi connectivity index (χ4n) is 0.878. The number of amides is 1. The van der Waals surface area contributed by atoms with Gasteiger partial charge in [0.2, 0.25) is 5.91 Å². The molecule has 0 rings (SSSR count). The van der Waals surface area contributed by atoms with Gasteiger partial charge in [-0.3, -0.25) is 4.79 Å². The third-order valence-electron chi connectivity index (χ3n) is 1.55. The number of nitrogens with one attached hydrogen (secondary N) is 1. The zero-order chi connectivity index (χ0) is 11.0. The molecule has 0 aromatic carbocycles. The van der Waals surface area contributed by atoms with Gasteiger partial charge in [0.05, 0.1) is 5.75 Å². The Hall–Kier alpha value is -0.290. The lowest BCUT2D eigenvalue weighted by Gasteiger charge is -2.03. The third kappa shape index (κ3) is 9.80. The lowest BCUT2D eigenvalue weighted by Crippen LogP contribution is -2.25. The van der Waals surface area contributed by atoms with Crippen molar-refractivity contribution < 1.29 is 13.2 Å². The average molecular weight is 242 g/mol. The minimum absolute atomic E-state index is 0.0702. The number of carbonyl (C=O) groups excluding carboxylic acids is 1. The van der Waals surface area contributed by atoms with E-state index >= 15 is 0 Å². The van der Waals surface area contributed by atoms with Crippen molar-refractivity contribution in [1.29, 1.82) is 0 Å². The maximum Gasteiger partial charge on any atom is 0.220 e. The molecule has 0 unspecified atom stereocenters. The molecule has 0 radical (unpaired) electrons. The maximum absolute atomic E-state index is 11.0. The van der Waals surface area contributed by atoms with Gasteiger partial charge in [-0.2, -0.15) is 0 Å². The van der Waals surface area contributed by atoms with Gasteiger partial charge in [-0.25, -0.2) is 8.42 Å². The lowest BCUT2D eigenvalue weighted by molar-refractivity contribution is -0.121. The molecule has 0 saturated carbocycles. The van der Waals surface area contributed by atoms with E-state index in [9.17, 15) is 13.2 Å². The van der Waals surface area contributed by atoms with Crippen LogP contribution in [0.25, 0.3) is 0 Å². The van der Waals surface area contributed by atoms with Crippen molar-refractivity contribution in [2.75, 3.05) is 24.4 Å². The van der Waals surface area contributed by atoms with Crippen LogP contribution in [0.15, 0.2) is 0 Å². The van der Waals surface area contributed by atoms with Gasteiger partial charge in [-0.05, 0) is 12.8 Å².